The molecule has 4 heteroatoms. The highest BCUT2D eigenvalue weighted by Crippen LogP contribution is 2.23. The highest BCUT2D eigenvalue weighted by molar-refractivity contribution is 5.97. The van der Waals surface area contributed by atoms with Crippen molar-refractivity contribution in [2.45, 2.75) is 32.7 Å². The van der Waals surface area contributed by atoms with Gasteiger partial charge in [0.1, 0.15) is 11.8 Å². The number of para-hydroxylation sites is 2. The van der Waals surface area contributed by atoms with Gasteiger partial charge in [-0.1, -0.05) is 37.6 Å². The maximum absolute atomic E-state index is 12.3. The van der Waals surface area contributed by atoms with Crippen LogP contribution in [0.4, 0.5) is 11.4 Å². The molecule has 2 N–H and O–H groups in total. The van der Waals surface area contributed by atoms with Gasteiger partial charge in [-0.25, -0.2) is 0 Å². The van der Waals surface area contributed by atoms with Crippen LogP contribution in [0.15, 0.2) is 48.5 Å². The van der Waals surface area contributed by atoms with E-state index in [4.69, 9.17) is 4.74 Å². The van der Waals surface area contributed by atoms with Gasteiger partial charge in [0.15, 0.2) is 0 Å². The lowest BCUT2D eigenvalue weighted by atomic mass is 10.1. The van der Waals surface area contributed by atoms with Gasteiger partial charge in [-0.05, 0) is 43.2 Å². The Bertz CT molecular complexity index is 638. The van der Waals surface area contributed by atoms with E-state index in [0.717, 1.165) is 18.5 Å². The molecular weight excluding hydrogens is 288 g/mol. The minimum atomic E-state index is -0.350. The Balaban J connectivity index is 1.96. The summed E-state index contributed by atoms with van der Waals surface area (Å²) in [6.45, 7) is 4.00. The average molecular weight is 312 g/mol. The fourth-order valence-corrected chi connectivity index (χ4v) is 2.36. The number of ether oxygens (including phenoxy) is 1. The Morgan fingerprint density at radius 1 is 1.13 bits per heavy atom. The lowest BCUT2D eigenvalue weighted by molar-refractivity contribution is -0.116. The van der Waals surface area contributed by atoms with Crippen LogP contribution in [0.1, 0.15) is 25.8 Å². The van der Waals surface area contributed by atoms with E-state index in [9.17, 15) is 4.79 Å². The standard InChI is InChI=1S/C19H24N2O2/c1-4-7-15-10-12-16(13-11-15)20-14(2)19(22)21-17-8-5-6-9-18(17)23-3/h5-6,8-14,20H,4,7H2,1-3H3,(H,21,22)/t14-/m0/s1. The minimum absolute atomic E-state index is 0.105. The molecule has 2 rings (SSSR count). The fraction of sp³-hybridized carbons (Fsp3) is 0.316. The Kier molecular flexibility index (Phi) is 6.03. The molecule has 4 nitrogen and oxygen atoms in total. The molecule has 0 aliphatic heterocycles. The van der Waals surface area contributed by atoms with Gasteiger partial charge in [0, 0.05) is 5.69 Å². The number of amides is 1. The molecule has 0 aromatic heterocycles. The van der Waals surface area contributed by atoms with Gasteiger partial charge < -0.3 is 15.4 Å². The molecule has 0 aliphatic rings. The van der Waals surface area contributed by atoms with Crippen LogP contribution in [-0.2, 0) is 11.2 Å². The molecule has 0 aliphatic carbocycles. The highest BCUT2D eigenvalue weighted by Gasteiger charge is 2.14. The summed E-state index contributed by atoms with van der Waals surface area (Å²) in [5, 5.41) is 6.10. The van der Waals surface area contributed by atoms with Crippen molar-refractivity contribution in [2.24, 2.45) is 0 Å². The summed E-state index contributed by atoms with van der Waals surface area (Å²) in [5.41, 5.74) is 2.92. The van der Waals surface area contributed by atoms with Crippen molar-refractivity contribution >= 4 is 17.3 Å². The van der Waals surface area contributed by atoms with Gasteiger partial charge in [0.05, 0.1) is 12.8 Å². The second-order valence-corrected chi connectivity index (χ2v) is 5.50. The topological polar surface area (TPSA) is 50.4 Å². The molecule has 0 saturated carbocycles. The second kappa shape index (κ2) is 8.22. The molecule has 2 aromatic carbocycles. The van der Waals surface area contributed by atoms with Gasteiger partial charge in [0.25, 0.3) is 0 Å². The largest absolute Gasteiger partial charge is 0.495 e. The van der Waals surface area contributed by atoms with Gasteiger partial charge in [0.2, 0.25) is 5.91 Å². The molecule has 1 amide bonds. The number of nitrogens with one attached hydrogen (secondary N) is 2. The van der Waals surface area contributed by atoms with Gasteiger partial charge >= 0.3 is 0 Å². The fourth-order valence-electron chi connectivity index (χ4n) is 2.36. The van der Waals surface area contributed by atoms with Crippen molar-refractivity contribution in [1.29, 1.82) is 0 Å². The number of methoxy groups -OCH3 is 1. The van der Waals surface area contributed by atoms with E-state index in [2.05, 4.69) is 29.7 Å². The zero-order valence-electron chi connectivity index (χ0n) is 13.9. The Morgan fingerprint density at radius 2 is 1.83 bits per heavy atom. The first-order valence-corrected chi connectivity index (χ1v) is 7.93. The molecule has 0 unspecified atom stereocenters. The monoisotopic (exact) mass is 312 g/mol. The van der Waals surface area contributed by atoms with E-state index in [0.29, 0.717) is 11.4 Å². The number of benzene rings is 2. The quantitative estimate of drug-likeness (QED) is 0.809. The third-order valence-electron chi connectivity index (χ3n) is 3.63. The van der Waals surface area contributed by atoms with E-state index >= 15 is 0 Å². The van der Waals surface area contributed by atoms with Crippen LogP contribution in [0.5, 0.6) is 5.75 Å². The molecular formula is C19H24N2O2. The predicted octanol–water partition coefficient (Wildman–Crippen LogP) is 4.09. The van der Waals surface area contributed by atoms with Crippen LogP contribution in [-0.4, -0.2) is 19.1 Å². The van der Waals surface area contributed by atoms with Crippen LogP contribution < -0.4 is 15.4 Å². The average Bonchev–Trinajstić information content (AvgIpc) is 2.57. The van der Waals surface area contributed by atoms with Crippen molar-refractivity contribution in [2.75, 3.05) is 17.7 Å². The molecule has 122 valence electrons. The maximum atomic E-state index is 12.3. The third kappa shape index (κ3) is 4.74. The third-order valence-corrected chi connectivity index (χ3v) is 3.63. The molecule has 2 aromatic rings. The SMILES string of the molecule is CCCc1ccc(N[C@@H](C)C(=O)Nc2ccccc2OC)cc1. The molecule has 0 spiro atoms. The van der Waals surface area contributed by atoms with Crippen LogP contribution >= 0.6 is 0 Å². The molecule has 0 heterocycles. The minimum Gasteiger partial charge on any atom is -0.495 e. The molecule has 0 radical (unpaired) electrons. The van der Waals surface area contributed by atoms with Gasteiger partial charge in [-0.3, -0.25) is 4.79 Å². The number of rotatable bonds is 7. The molecule has 0 fully saturated rings. The van der Waals surface area contributed by atoms with Crippen LogP contribution in [0.3, 0.4) is 0 Å². The number of aryl methyl sites for hydroxylation is 1. The van der Waals surface area contributed by atoms with E-state index in [1.807, 2.05) is 43.3 Å². The Hall–Kier alpha value is -2.49. The van der Waals surface area contributed by atoms with Crippen molar-refractivity contribution < 1.29 is 9.53 Å². The highest BCUT2D eigenvalue weighted by atomic mass is 16.5. The van der Waals surface area contributed by atoms with Crippen molar-refractivity contribution in [3.8, 4) is 5.75 Å². The van der Waals surface area contributed by atoms with E-state index in [1.54, 1.807) is 7.11 Å². The summed E-state index contributed by atoms with van der Waals surface area (Å²) >= 11 is 0. The summed E-state index contributed by atoms with van der Waals surface area (Å²) in [6.07, 6.45) is 2.20. The van der Waals surface area contributed by atoms with Gasteiger partial charge in [-0.15, -0.1) is 0 Å². The second-order valence-electron chi connectivity index (χ2n) is 5.50. The van der Waals surface area contributed by atoms with Crippen molar-refractivity contribution in [1.82, 2.24) is 0 Å². The predicted molar refractivity (Wildman–Crippen MR) is 95.1 cm³/mol. The maximum Gasteiger partial charge on any atom is 0.246 e. The number of anilines is 2. The zero-order chi connectivity index (χ0) is 16.7. The summed E-state index contributed by atoms with van der Waals surface area (Å²) in [6, 6.07) is 15.2. The molecule has 23 heavy (non-hydrogen) atoms. The Labute approximate surface area is 137 Å². The summed E-state index contributed by atoms with van der Waals surface area (Å²) in [4.78, 5) is 12.3. The lowest BCUT2D eigenvalue weighted by Gasteiger charge is -2.17. The molecule has 0 saturated heterocycles. The van der Waals surface area contributed by atoms with Crippen LogP contribution in [0, 0.1) is 0 Å². The van der Waals surface area contributed by atoms with Crippen molar-refractivity contribution in [3.63, 3.8) is 0 Å². The number of hydrogen-bond donors (Lipinski definition) is 2. The Morgan fingerprint density at radius 3 is 2.48 bits per heavy atom. The van der Waals surface area contributed by atoms with Crippen molar-refractivity contribution in [3.05, 3.63) is 54.1 Å². The number of carbonyl (C=O) groups excluding carboxylic acids is 1. The van der Waals surface area contributed by atoms with Crippen LogP contribution in [0.2, 0.25) is 0 Å². The summed E-state index contributed by atoms with van der Waals surface area (Å²) in [5.74, 6) is 0.545. The first-order valence-electron chi connectivity index (χ1n) is 7.93. The first kappa shape index (κ1) is 16.9. The summed E-state index contributed by atoms with van der Waals surface area (Å²) < 4.78 is 5.25. The van der Waals surface area contributed by atoms with E-state index < -0.39 is 0 Å². The normalized spacial score (nSPS) is 11.6. The lowest BCUT2D eigenvalue weighted by Crippen LogP contribution is -2.31. The molecule has 0 bridgehead atoms. The molecule has 1 atom stereocenters. The smallest absolute Gasteiger partial charge is 0.246 e. The first-order chi connectivity index (χ1) is 11.1. The number of carbonyl (C=O) groups is 1. The van der Waals surface area contributed by atoms with E-state index in [-0.39, 0.29) is 11.9 Å². The van der Waals surface area contributed by atoms with E-state index in [1.165, 1.54) is 5.56 Å². The zero-order valence-corrected chi connectivity index (χ0v) is 13.9. The number of hydrogen-bond acceptors (Lipinski definition) is 3. The van der Waals surface area contributed by atoms with Gasteiger partial charge in [-0.2, -0.15) is 0 Å². The van der Waals surface area contributed by atoms with Crippen LogP contribution in [0.25, 0.3) is 0 Å². The summed E-state index contributed by atoms with van der Waals surface area (Å²) in [7, 11) is 1.59.